The lowest BCUT2D eigenvalue weighted by Crippen LogP contribution is -2.24. The first-order valence-corrected chi connectivity index (χ1v) is 6.13. The van der Waals surface area contributed by atoms with Gasteiger partial charge in [-0.1, -0.05) is 18.2 Å². The highest BCUT2D eigenvalue weighted by atomic mass is 16.2. The fourth-order valence-corrected chi connectivity index (χ4v) is 2.19. The Kier molecular flexibility index (Phi) is 3.66. The van der Waals surface area contributed by atoms with Crippen LogP contribution in [-0.4, -0.2) is 17.9 Å². The van der Waals surface area contributed by atoms with Crippen LogP contribution < -0.4 is 16.8 Å². The molecule has 2 unspecified atom stereocenters. The second-order valence-corrected chi connectivity index (χ2v) is 4.72. The highest BCUT2D eigenvalue weighted by Gasteiger charge is 2.23. The summed E-state index contributed by atoms with van der Waals surface area (Å²) in [4.78, 5) is 23.3. The van der Waals surface area contributed by atoms with Crippen LogP contribution >= 0.6 is 0 Å². The first-order chi connectivity index (χ1) is 8.99. The molecule has 1 aliphatic carbocycles. The summed E-state index contributed by atoms with van der Waals surface area (Å²) < 4.78 is 0. The molecule has 1 aromatic carbocycles. The van der Waals surface area contributed by atoms with Crippen LogP contribution in [0.3, 0.4) is 0 Å². The maximum atomic E-state index is 12.1. The predicted octanol–water partition coefficient (Wildman–Crippen LogP) is 0.936. The molecule has 2 atom stereocenters. The molecule has 0 aromatic heterocycles. The second-order valence-electron chi connectivity index (χ2n) is 4.72. The van der Waals surface area contributed by atoms with E-state index in [1.54, 1.807) is 25.1 Å². The summed E-state index contributed by atoms with van der Waals surface area (Å²) >= 11 is 0. The lowest BCUT2D eigenvalue weighted by molar-refractivity contribution is -0.118. The van der Waals surface area contributed by atoms with E-state index in [0.29, 0.717) is 23.2 Å². The number of nitrogens with two attached hydrogens (primary N) is 2. The van der Waals surface area contributed by atoms with Crippen molar-refractivity contribution in [2.45, 2.75) is 19.4 Å². The van der Waals surface area contributed by atoms with E-state index in [4.69, 9.17) is 11.5 Å². The number of hydrogen-bond donors (Lipinski definition) is 3. The Morgan fingerprint density at radius 1 is 1.32 bits per heavy atom. The SMILES string of the molecule is Cc1c(NC(=O)C2C=CC(N)C2)cccc1C(N)=O. The lowest BCUT2D eigenvalue weighted by atomic mass is 10.0. The highest BCUT2D eigenvalue weighted by Crippen LogP contribution is 2.22. The van der Waals surface area contributed by atoms with Crippen LogP contribution in [0.25, 0.3) is 0 Å². The van der Waals surface area contributed by atoms with E-state index in [1.165, 1.54) is 0 Å². The first-order valence-electron chi connectivity index (χ1n) is 6.13. The molecule has 1 aliphatic rings. The van der Waals surface area contributed by atoms with Gasteiger partial charge in [0.25, 0.3) is 0 Å². The minimum atomic E-state index is -0.503. The van der Waals surface area contributed by atoms with Crippen molar-refractivity contribution in [2.24, 2.45) is 17.4 Å². The van der Waals surface area contributed by atoms with Crippen LogP contribution in [0.1, 0.15) is 22.3 Å². The van der Waals surface area contributed by atoms with Gasteiger partial charge in [-0.25, -0.2) is 0 Å². The Morgan fingerprint density at radius 3 is 2.63 bits per heavy atom. The normalized spacial score (nSPS) is 21.4. The Labute approximate surface area is 111 Å². The molecular weight excluding hydrogens is 242 g/mol. The van der Waals surface area contributed by atoms with Gasteiger partial charge in [-0.05, 0) is 31.0 Å². The maximum Gasteiger partial charge on any atom is 0.249 e. The van der Waals surface area contributed by atoms with E-state index < -0.39 is 5.91 Å². The Balaban J connectivity index is 2.16. The summed E-state index contributed by atoms with van der Waals surface area (Å²) in [5.74, 6) is -0.836. The van der Waals surface area contributed by atoms with Gasteiger partial charge in [-0.15, -0.1) is 0 Å². The van der Waals surface area contributed by atoms with E-state index in [1.807, 2.05) is 12.2 Å². The molecule has 0 fully saturated rings. The molecule has 0 radical (unpaired) electrons. The van der Waals surface area contributed by atoms with Crippen LogP contribution in [0.15, 0.2) is 30.4 Å². The number of primary amides is 1. The first kappa shape index (κ1) is 13.3. The van der Waals surface area contributed by atoms with Gasteiger partial charge in [0, 0.05) is 17.3 Å². The quantitative estimate of drug-likeness (QED) is 0.704. The fraction of sp³-hybridized carbons (Fsp3) is 0.286. The number of rotatable bonds is 3. The van der Waals surface area contributed by atoms with Gasteiger partial charge < -0.3 is 16.8 Å². The number of carbonyl (C=O) groups excluding carboxylic acids is 2. The topological polar surface area (TPSA) is 98.2 Å². The Morgan fingerprint density at radius 2 is 2.05 bits per heavy atom. The number of benzene rings is 1. The Hall–Kier alpha value is -2.14. The summed E-state index contributed by atoms with van der Waals surface area (Å²) in [5.41, 5.74) is 12.7. The van der Waals surface area contributed by atoms with Crippen LogP contribution in [0.5, 0.6) is 0 Å². The van der Waals surface area contributed by atoms with Crippen molar-refractivity contribution in [3.63, 3.8) is 0 Å². The van der Waals surface area contributed by atoms with Gasteiger partial charge in [0.2, 0.25) is 11.8 Å². The smallest absolute Gasteiger partial charge is 0.249 e. The molecule has 0 saturated carbocycles. The zero-order valence-electron chi connectivity index (χ0n) is 10.7. The van der Waals surface area contributed by atoms with Crippen LogP contribution in [0.2, 0.25) is 0 Å². The average molecular weight is 259 g/mol. The standard InChI is InChI=1S/C14H17N3O2/c1-8-11(13(16)18)3-2-4-12(8)17-14(19)9-5-6-10(15)7-9/h2-6,9-10H,7,15H2,1H3,(H2,16,18)(H,17,19). The van der Waals surface area contributed by atoms with Crippen molar-refractivity contribution >= 4 is 17.5 Å². The third-order valence-corrected chi connectivity index (χ3v) is 3.31. The van der Waals surface area contributed by atoms with Crippen LogP contribution in [0.4, 0.5) is 5.69 Å². The molecule has 0 spiro atoms. The lowest BCUT2D eigenvalue weighted by Gasteiger charge is -2.13. The minimum absolute atomic E-state index is 0.0613. The highest BCUT2D eigenvalue weighted by molar-refractivity contribution is 5.99. The van der Waals surface area contributed by atoms with Crippen molar-refractivity contribution in [2.75, 3.05) is 5.32 Å². The monoisotopic (exact) mass is 259 g/mol. The number of anilines is 1. The summed E-state index contributed by atoms with van der Waals surface area (Å²) in [6.07, 6.45) is 4.25. The third kappa shape index (κ3) is 2.82. The maximum absolute atomic E-state index is 12.1. The van der Waals surface area contributed by atoms with Gasteiger partial charge in [0.05, 0.1) is 5.92 Å². The van der Waals surface area contributed by atoms with Crippen molar-refractivity contribution < 1.29 is 9.59 Å². The summed E-state index contributed by atoms with van der Waals surface area (Å²) in [5, 5.41) is 2.81. The van der Waals surface area contributed by atoms with Gasteiger partial charge >= 0.3 is 0 Å². The van der Waals surface area contributed by atoms with E-state index in [2.05, 4.69) is 5.32 Å². The molecule has 100 valence electrons. The largest absolute Gasteiger partial charge is 0.366 e. The number of carbonyl (C=O) groups is 2. The third-order valence-electron chi connectivity index (χ3n) is 3.31. The van der Waals surface area contributed by atoms with E-state index >= 15 is 0 Å². The van der Waals surface area contributed by atoms with Crippen molar-refractivity contribution in [3.8, 4) is 0 Å². The zero-order chi connectivity index (χ0) is 14.0. The molecule has 5 heteroatoms. The Bertz CT molecular complexity index is 552. The predicted molar refractivity (Wildman–Crippen MR) is 73.5 cm³/mol. The molecular formula is C14H17N3O2. The summed E-state index contributed by atoms with van der Waals surface area (Å²) in [6.45, 7) is 1.76. The molecule has 0 bridgehead atoms. The molecule has 2 amide bonds. The van der Waals surface area contributed by atoms with Crippen LogP contribution in [-0.2, 0) is 4.79 Å². The zero-order valence-corrected chi connectivity index (χ0v) is 10.7. The van der Waals surface area contributed by atoms with Gasteiger partial charge in [-0.2, -0.15) is 0 Å². The molecule has 0 aliphatic heterocycles. The van der Waals surface area contributed by atoms with Crippen molar-refractivity contribution in [1.82, 2.24) is 0 Å². The molecule has 5 nitrogen and oxygen atoms in total. The molecule has 5 N–H and O–H groups in total. The van der Waals surface area contributed by atoms with Gasteiger partial charge in [0.1, 0.15) is 0 Å². The minimum Gasteiger partial charge on any atom is -0.366 e. The van der Waals surface area contributed by atoms with E-state index in [-0.39, 0.29) is 17.9 Å². The van der Waals surface area contributed by atoms with E-state index in [9.17, 15) is 9.59 Å². The van der Waals surface area contributed by atoms with E-state index in [0.717, 1.165) is 0 Å². The van der Waals surface area contributed by atoms with Crippen LogP contribution in [0, 0.1) is 12.8 Å². The fourth-order valence-electron chi connectivity index (χ4n) is 2.19. The number of hydrogen-bond acceptors (Lipinski definition) is 3. The average Bonchev–Trinajstić information content (AvgIpc) is 2.78. The number of amides is 2. The second kappa shape index (κ2) is 5.24. The molecule has 1 aromatic rings. The van der Waals surface area contributed by atoms with Gasteiger partial charge in [0.15, 0.2) is 0 Å². The van der Waals surface area contributed by atoms with Gasteiger partial charge in [-0.3, -0.25) is 9.59 Å². The molecule has 0 heterocycles. The van der Waals surface area contributed by atoms with Crippen molar-refractivity contribution in [3.05, 3.63) is 41.5 Å². The van der Waals surface area contributed by atoms with Crippen molar-refractivity contribution in [1.29, 1.82) is 0 Å². The number of nitrogens with one attached hydrogen (secondary N) is 1. The summed E-state index contributed by atoms with van der Waals surface area (Å²) in [7, 11) is 0. The molecule has 0 saturated heterocycles. The molecule has 2 rings (SSSR count). The summed E-state index contributed by atoms with van der Waals surface area (Å²) in [6, 6.07) is 5.02. The molecule has 19 heavy (non-hydrogen) atoms.